The number of thiophene rings is 1. The lowest BCUT2D eigenvalue weighted by Crippen LogP contribution is -2.10. The van der Waals surface area contributed by atoms with Crippen LogP contribution in [0.1, 0.15) is 32.2 Å². The maximum Gasteiger partial charge on any atom is 0.204 e. The van der Waals surface area contributed by atoms with E-state index in [0.717, 1.165) is 35.0 Å². The number of ketones is 1. The maximum absolute atomic E-state index is 12.5. The zero-order chi connectivity index (χ0) is 19.9. The van der Waals surface area contributed by atoms with Crippen molar-refractivity contribution in [2.24, 2.45) is 5.16 Å². The molecule has 2 aromatic heterocycles. The molecular formula is C22H24N2O3S. The Bertz CT molecular complexity index is 941. The molecule has 1 aromatic carbocycles. The fourth-order valence-electron chi connectivity index (χ4n) is 3.09. The molecule has 0 radical (unpaired) electrons. The first kappa shape index (κ1) is 19.9. The molecule has 0 atom stereocenters. The first-order valence-electron chi connectivity index (χ1n) is 9.10. The van der Waals surface area contributed by atoms with E-state index in [9.17, 15) is 4.79 Å². The summed E-state index contributed by atoms with van der Waals surface area (Å²) in [6.45, 7) is 4.75. The second-order valence-corrected chi connectivity index (χ2v) is 7.46. The van der Waals surface area contributed by atoms with E-state index in [4.69, 9.17) is 9.57 Å². The number of methoxy groups -OCH3 is 1. The lowest BCUT2D eigenvalue weighted by atomic mass is 10.1. The van der Waals surface area contributed by atoms with Crippen LogP contribution in [0.2, 0.25) is 0 Å². The second-order valence-electron chi connectivity index (χ2n) is 6.48. The van der Waals surface area contributed by atoms with Crippen LogP contribution >= 0.6 is 11.3 Å². The van der Waals surface area contributed by atoms with Crippen molar-refractivity contribution in [2.45, 2.75) is 26.8 Å². The molecule has 5 nitrogen and oxygen atoms in total. The molecule has 0 saturated heterocycles. The molecular weight excluding hydrogens is 372 g/mol. The standard InChI is InChI=1S/C22H24N2O3S/c1-16-13-21(22(25)15-27-23-14-20-5-4-12-28-20)17(2)24(16)11-10-18-6-8-19(26-3)9-7-18/h4-9,12-14H,10-11,15H2,1-3H3. The maximum atomic E-state index is 12.5. The minimum absolute atomic E-state index is 0.0628. The third-order valence-corrected chi connectivity index (χ3v) is 5.46. The average molecular weight is 397 g/mol. The van der Waals surface area contributed by atoms with Crippen LogP contribution in [0, 0.1) is 13.8 Å². The van der Waals surface area contributed by atoms with E-state index >= 15 is 0 Å². The van der Waals surface area contributed by atoms with Crippen LogP contribution in [-0.2, 0) is 17.8 Å². The predicted octanol–water partition coefficient (Wildman–Crippen LogP) is 4.65. The minimum Gasteiger partial charge on any atom is -0.497 e. The van der Waals surface area contributed by atoms with Crippen molar-refractivity contribution in [2.75, 3.05) is 13.7 Å². The van der Waals surface area contributed by atoms with E-state index in [0.29, 0.717) is 5.56 Å². The summed E-state index contributed by atoms with van der Waals surface area (Å²) in [4.78, 5) is 18.7. The molecule has 0 unspecified atom stereocenters. The van der Waals surface area contributed by atoms with Crippen LogP contribution in [0.4, 0.5) is 0 Å². The summed E-state index contributed by atoms with van der Waals surface area (Å²) in [5.74, 6) is 0.791. The topological polar surface area (TPSA) is 52.8 Å². The molecule has 0 saturated carbocycles. The summed E-state index contributed by atoms with van der Waals surface area (Å²) in [7, 11) is 1.66. The van der Waals surface area contributed by atoms with Gasteiger partial charge in [-0.3, -0.25) is 4.79 Å². The molecule has 3 aromatic rings. The van der Waals surface area contributed by atoms with Gasteiger partial charge in [0.2, 0.25) is 5.78 Å². The summed E-state index contributed by atoms with van der Waals surface area (Å²) in [6.07, 6.45) is 2.51. The SMILES string of the molecule is COc1ccc(CCn2c(C)cc(C(=O)CON=Cc3cccs3)c2C)cc1. The number of carbonyl (C=O) groups is 1. The van der Waals surface area contributed by atoms with Gasteiger partial charge in [0.1, 0.15) is 5.75 Å². The zero-order valence-electron chi connectivity index (χ0n) is 16.3. The average Bonchev–Trinajstić information content (AvgIpc) is 3.32. The van der Waals surface area contributed by atoms with Gasteiger partial charge in [0, 0.05) is 28.4 Å². The number of rotatable bonds is 9. The van der Waals surface area contributed by atoms with Crippen LogP contribution in [0.3, 0.4) is 0 Å². The zero-order valence-corrected chi connectivity index (χ0v) is 17.2. The lowest BCUT2D eigenvalue weighted by Gasteiger charge is -2.10. The highest BCUT2D eigenvalue weighted by atomic mass is 32.1. The van der Waals surface area contributed by atoms with E-state index < -0.39 is 0 Å². The molecule has 0 aliphatic carbocycles. The summed E-state index contributed by atoms with van der Waals surface area (Å²) in [5, 5.41) is 5.84. The van der Waals surface area contributed by atoms with Gasteiger partial charge in [-0.25, -0.2) is 0 Å². The fourth-order valence-corrected chi connectivity index (χ4v) is 3.66. The third-order valence-electron chi connectivity index (χ3n) is 4.65. The first-order valence-corrected chi connectivity index (χ1v) is 9.98. The summed E-state index contributed by atoms with van der Waals surface area (Å²) >= 11 is 1.57. The van der Waals surface area contributed by atoms with E-state index in [2.05, 4.69) is 21.9 Å². The molecule has 2 heterocycles. The Morgan fingerprint density at radius 1 is 1.21 bits per heavy atom. The number of nitrogens with zero attached hydrogens (tertiary/aromatic N) is 2. The van der Waals surface area contributed by atoms with Gasteiger partial charge in [0.15, 0.2) is 6.61 Å². The molecule has 0 aliphatic rings. The van der Waals surface area contributed by atoms with Gasteiger partial charge in [0.05, 0.1) is 13.3 Å². The largest absolute Gasteiger partial charge is 0.497 e. The van der Waals surface area contributed by atoms with Crippen molar-refractivity contribution < 1.29 is 14.4 Å². The van der Waals surface area contributed by atoms with Crippen LogP contribution in [0.25, 0.3) is 0 Å². The Balaban J connectivity index is 1.59. The van der Waals surface area contributed by atoms with Gasteiger partial charge >= 0.3 is 0 Å². The Labute approximate surface area is 169 Å². The van der Waals surface area contributed by atoms with Crippen molar-refractivity contribution >= 4 is 23.3 Å². The van der Waals surface area contributed by atoms with Gasteiger partial charge < -0.3 is 14.1 Å². The van der Waals surface area contributed by atoms with Crippen molar-refractivity contribution in [3.8, 4) is 5.75 Å². The van der Waals surface area contributed by atoms with E-state index in [1.165, 1.54) is 5.56 Å². The molecule has 0 aliphatic heterocycles. The third kappa shape index (κ3) is 4.89. The van der Waals surface area contributed by atoms with Gasteiger partial charge in [-0.1, -0.05) is 23.4 Å². The number of aromatic nitrogens is 1. The number of hydrogen-bond donors (Lipinski definition) is 0. The Kier molecular flexibility index (Phi) is 6.66. The molecule has 146 valence electrons. The summed E-state index contributed by atoms with van der Waals surface area (Å²) in [6, 6.07) is 13.9. The van der Waals surface area contributed by atoms with Crippen LogP contribution < -0.4 is 4.74 Å². The van der Waals surface area contributed by atoms with Crippen LogP contribution in [0.5, 0.6) is 5.75 Å². The summed E-state index contributed by atoms with van der Waals surface area (Å²) < 4.78 is 7.37. The van der Waals surface area contributed by atoms with Crippen LogP contribution in [0.15, 0.2) is 53.0 Å². The highest BCUT2D eigenvalue weighted by molar-refractivity contribution is 7.11. The molecule has 6 heteroatoms. The Morgan fingerprint density at radius 2 is 2.00 bits per heavy atom. The van der Waals surface area contributed by atoms with Crippen molar-refractivity contribution in [3.63, 3.8) is 0 Å². The predicted molar refractivity (Wildman–Crippen MR) is 113 cm³/mol. The van der Waals surface area contributed by atoms with Crippen LogP contribution in [-0.4, -0.2) is 30.3 Å². The molecule has 3 rings (SSSR count). The van der Waals surface area contributed by atoms with E-state index in [1.807, 2.05) is 49.6 Å². The number of oxime groups is 1. The van der Waals surface area contributed by atoms with E-state index in [1.54, 1.807) is 24.7 Å². The quantitative estimate of drug-likeness (QED) is 0.300. The normalized spacial score (nSPS) is 11.1. The highest BCUT2D eigenvalue weighted by Gasteiger charge is 2.16. The molecule has 0 N–H and O–H groups in total. The fraction of sp³-hybridized carbons (Fsp3) is 0.273. The van der Waals surface area contributed by atoms with Crippen molar-refractivity contribution in [1.82, 2.24) is 4.57 Å². The number of ether oxygens (including phenoxy) is 1. The molecule has 0 spiro atoms. The van der Waals surface area contributed by atoms with Gasteiger partial charge in [-0.2, -0.15) is 0 Å². The number of Topliss-reactive ketones (excluding diaryl/α,β-unsaturated/α-hetero) is 1. The number of hydrogen-bond acceptors (Lipinski definition) is 5. The Morgan fingerprint density at radius 3 is 2.68 bits per heavy atom. The highest BCUT2D eigenvalue weighted by Crippen LogP contribution is 2.18. The summed E-state index contributed by atoms with van der Waals surface area (Å²) in [5.41, 5.74) is 3.95. The molecule has 28 heavy (non-hydrogen) atoms. The van der Waals surface area contributed by atoms with Gasteiger partial charge in [-0.05, 0) is 55.5 Å². The molecule has 0 fully saturated rings. The van der Waals surface area contributed by atoms with Gasteiger partial charge in [0.25, 0.3) is 0 Å². The number of aryl methyl sites for hydroxylation is 2. The monoisotopic (exact) mass is 396 g/mol. The number of benzene rings is 1. The van der Waals surface area contributed by atoms with Crippen molar-refractivity contribution in [1.29, 1.82) is 0 Å². The molecule has 0 bridgehead atoms. The van der Waals surface area contributed by atoms with Crippen molar-refractivity contribution in [3.05, 3.63) is 75.2 Å². The Hall–Kier alpha value is -2.86. The molecule has 0 amide bonds. The lowest BCUT2D eigenvalue weighted by molar-refractivity contribution is 0.0778. The number of carbonyl (C=O) groups excluding carboxylic acids is 1. The first-order chi connectivity index (χ1) is 13.6. The smallest absolute Gasteiger partial charge is 0.204 e. The second kappa shape index (κ2) is 9.37. The van der Waals surface area contributed by atoms with E-state index in [-0.39, 0.29) is 12.4 Å². The van der Waals surface area contributed by atoms with Gasteiger partial charge in [-0.15, -0.1) is 11.3 Å². The minimum atomic E-state index is -0.0648.